The zero-order valence-corrected chi connectivity index (χ0v) is 29.6. The first-order valence-electron chi connectivity index (χ1n) is 17.2. The number of amides is 3. The maximum absolute atomic E-state index is 15.2. The van der Waals surface area contributed by atoms with E-state index in [0.29, 0.717) is 30.3 Å². The molecule has 0 radical (unpaired) electrons. The van der Waals surface area contributed by atoms with Crippen molar-refractivity contribution in [2.24, 2.45) is 11.8 Å². The fraction of sp³-hybridized carbons (Fsp3) is 0.474. The van der Waals surface area contributed by atoms with Gasteiger partial charge in [-0.2, -0.15) is 0 Å². The van der Waals surface area contributed by atoms with E-state index >= 15 is 4.79 Å². The van der Waals surface area contributed by atoms with Crippen LogP contribution in [0.15, 0.2) is 71.2 Å². The third-order valence-corrected chi connectivity index (χ3v) is 10.8. The largest absolute Gasteiger partial charge is 0.463 e. The summed E-state index contributed by atoms with van der Waals surface area (Å²) >= 11 is 3.65. The van der Waals surface area contributed by atoms with Crippen LogP contribution in [-0.4, -0.2) is 77.7 Å². The van der Waals surface area contributed by atoms with Crippen molar-refractivity contribution in [2.45, 2.75) is 76.2 Å². The molecule has 260 valence electrons. The van der Waals surface area contributed by atoms with E-state index < -0.39 is 47.5 Å². The molecule has 4 aliphatic heterocycles. The molecule has 1 spiro atoms. The van der Waals surface area contributed by atoms with Gasteiger partial charge in [-0.3, -0.25) is 19.2 Å². The third-order valence-electron chi connectivity index (χ3n) is 10.1. The minimum absolute atomic E-state index is 0.0707. The number of halogens is 1. The average Bonchev–Trinajstić information content (AvgIpc) is 3.68. The number of esters is 1. The minimum Gasteiger partial charge on any atom is -0.463 e. The van der Waals surface area contributed by atoms with E-state index in [4.69, 9.17) is 9.47 Å². The Morgan fingerprint density at radius 2 is 1.67 bits per heavy atom. The molecule has 49 heavy (non-hydrogen) atoms. The number of anilines is 1. The first-order valence-corrected chi connectivity index (χ1v) is 18.0. The predicted molar refractivity (Wildman–Crippen MR) is 188 cm³/mol. The first-order chi connectivity index (χ1) is 23.7. The summed E-state index contributed by atoms with van der Waals surface area (Å²) in [5.41, 5.74) is 1.95. The SMILES string of the molecule is Cc1cccc(C)c1N1C/C=C\CCC(=O)OC[C@H](c2ccccc2)NC(=O)[C@H]2[C@@H]3O[C@@]4(C=C3Br)[C@@H]2C(=O)N(CCCCCCO)[C@@H]4C1=O. The summed E-state index contributed by atoms with van der Waals surface area (Å²) in [6.45, 7) is 4.46. The summed E-state index contributed by atoms with van der Waals surface area (Å²) in [7, 11) is 0. The fourth-order valence-corrected chi connectivity index (χ4v) is 8.61. The van der Waals surface area contributed by atoms with E-state index in [1.54, 1.807) is 9.80 Å². The number of allylic oxidation sites excluding steroid dienone is 1. The van der Waals surface area contributed by atoms with Gasteiger partial charge in [0.15, 0.2) is 0 Å². The van der Waals surface area contributed by atoms with Gasteiger partial charge in [0, 0.05) is 36.3 Å². The monoisotopic (exact) mass is 733 g/mol. The number of nitrogens with zero attached hydrogens (tertiary/aromatic N) is 2. The molecule has 11 heteroatoms. The highest BCUT2D eigenvalue weighted by Gasteiger charge is 2.74. The second-order valence-electron chi connectivity index (χ2n) is 13.4. The lowest BCUT2D eigenvalue weighted by Crippen LogP contribution is -2.56. The molecular formula is C38H44BrN3O7. The van der Waals surface area contributed by atoms with Crippen molar-refractivity contribution < 1.29 is 33.8 Å². The molecule has 5 bridgehead atoms. The van der Waals surface area contributed by atoms with E-state index in [2.05, 4.69) is 21.2 Å². The van der Waals surface area contributed by atoms with E-state index in [0.717, 1.165) is 35.2 Å². The highest BCUT2D eigenvalue weighted by molar-refractivity contribution is 9.11. The molecule has 0 aliphatic carbocycles. The molecule has 2 aromatic carbocycles. The molecule has 2 saturated heterocycles. The van der Waals surface area contributed by atoms with Gasteiger partial charge in [0.1, 0.15) is 24.4 Å². The number of carbonyl (C=O) groups excluding carboxylic acids is 4. The quantitative estimate of drug-likeness (QED) is 0.227. The number of ether oxygens (including phenoxy) is 2. The molecular weight excluding hydrogens is 690 g/mol. The van der Waals surface area contributed by atoms with E-state index in [1.165, 1.54) is 0 Å². The van der Waals surface area contributed by atoms with Crippen LogP contribution in [0.25, 0.3) is 0 Å². The van der Waals surface area contributed by atoms with Crippen LogP contribution in [0, 0.1) is 25.7 Å². The Labute approximate surface area is 295 Å². The summed E-state index contributed by atoms with van der Waals surface area (Å²) in [5.74, 6) is -3.25. The number of cyclic esters (lactones) is 1. The normalized spacial score (nSPS) is 29.5. The van der Waals surface area contributed by atoms with Gasteiger partial charge in [0.2, 0.25) is 11.8 Å². The van der Waals surface area contributed by atoms with Crippen molar-refractivity contribution in [1.29, 1.82) is 0 Å². The van der Waals surface area contributed by atoms with Crippen molar-refractivity contribution in [1.82, 2.24) is 10.2 Å². The van der Waals surface area contributed by atoms with Gasteiger partial charge in [-0.25, -0.2) is 0 Å². The number of carbonyl (C=O) groups is 4. The number of para-hydroxylation sites is 1. The zero-order chi connectivity index (χ0) is 34.7. The number of rotatable bonds is 8. The van der Waals surface area contributed by atoms with Crippen LogP contribution in [-0.2, 0) is 28.7 Å². The standard InChI is InChI=1S/C38H44BrN3O7/c1-24-14-13-15-25(2)32(24)41-19-11-6-9-18-29(44)48-23-28(26-16-7-5-8-17-26)40-35(45)30-31-36(46)42(20-10-3-4-12-21-43)34(37(41)47)38(31)22-27(39)33(30)49-38/h5-8,11,13-17,22,28,30-31,33-34,43H,3-4,9-10,12,18-21,23H2,1-2H3,(H,40,45)/b11-6-/t28-,30-,31+,33-,34-,38+/m1/s1. The number of unbranched alkanes of at least 4 members (excludes halogenated alkanes) is 3. The number of fused-ring (bicyclic) bond motifs is 2. The Balaban J connectivity index is 1.44. The van der Waals surface area contributed by atoms with Gasteiger partial charge >= 0.3 is 5.97 Å². The topological polar surface area (TPSA) is 125 Å². The molecule has 2 N–H and O–H groups in total. The number of aliphatic hydroxyl groups excluding tert-OH is 1. The van der Waals surface area contributed by atoms with Gasteiger partial charge in [-0.1, -0.05) is 89.5 Å². The number of aryl methyl sites for hydroxylation is 2. The van der Waals surface area contributed by atoms with Crippen LogP contribution in [0.2, 0.25) is 0 Å². The number of nitrogens with one attached hydrogen (secondary N) is 1. The summed E-state index contributed by atoms with van der Waals surface area (Å²) < 4.78 is 13.0. The Morgan fingerprint density at radius 3 is 2.41 bits per heavy atom. The summed E-state index contributed by atoms with van der Waals surface area (Å²) in [5, 5.41) is 12.4. The Kier molecular flexibility index (Phi) is 10.7. The Morgan fingerprint density at radius 1 is 0.939 bits per heavy atom. The highest BCUT2D eigenvalue weighted by Crippen LogP contribution is 2.59. The van der Waals surface area contributed by atoms with E-state index in [1.807, 2.05) is 80.6 Å². The van der Waals surface area contributed by atoms with E-state index in [9.17, 15) is 19.5 Å². The zero-order valence-electron chi connectivity index (χ0n) is 28.0. The molecule has 4 heterocycles. The second-order valence-corrected chi connectivity index (χ2v) is 14.3. The van der Waals surface area contributed by atoms with Gasteiger partial charge in [-0.15, -0.1) is 0 Å². The van der Waals surface area contributed by atoms with Crippen LogP contribution < -0.4 is 10.2 Å². The lowest BCUT2D eigenvalue weighted by atomic mass is 9.74. The second kappa shape index (κ2) is 15.0. The van der Waals surface area contributed by atoms with Crippen LogP contribution in [0.1, 0.15) is 61.3 Å². The molecule has 6 atom stereocenters. The molecule has 3 amide bonds. The van der Waals surface area contributed by atoms with Crippen molar-refractivity contribution >= 4 is 45.3 Å². The van der Waals surface area contributed by atoms with E-state index in [-0.39, 0.29) is 38.0 Å². The van der Waals surface area contributed by atoms with Crippen molar-refractivity contribution in [2.75, 3.05) is 31.2 Å². The lowest BCUT2D eigenvalue weighted by molar-refractivity contribution is -0.145. The summed E-state index contributed by atoms with van der Waals surface area (Å²) in [6.07, 6.45) is 8.24. The molecule has 6 rings (SSSR count). The number of hydrogen-bond acceptors (Lipinski definition) is 7. The summed E-state index contributed by atoms with van der Waals surface area (Å²) in [6, 6.07) is 13.5. The number of aliphatic hydroxyl groups is 1. The van der Waals surface area contributed by atoms with Crippen molar-refractivity contribution in [3.8, 4) is 0 Å². The van der Waals surface area contributed by atoms with Crippen molar-refractivity contribution in [3.63, 3.8) is 0 Å². The molecule has 2 fully saturated rings. The molecule has 2 aromatic rings. The van der Waals surface area contributed by atoms with Crippen molar-refractivity contribution in [3.05, 3.63) is 87.9 Å². The molecule has 0 aromatic heterocycles. The van der Waals surface area contributed by atoms with Crippen LogP contribution in [0.4, 0.5) is 5.69 Å². The maximum Gasteiger partial charge on any atom is 0.306 e. The lowest BCUT2D eigenvalue weighted by Gasteiger charge is -2.36. The maximum atomic E-state index is 15.2. The number of benzene rings is 2. The molecule has 0 unspecified atom stereocenters. The molecule has 4 aliphatic rings. The predicted octanol–water partition coefficient (Wildman–Crippen LogP) is 4.81. The van der Waals surface area contributed by atoms with Crippen LogP contribution in [0.5, 0.6) is 0 Å². The first kappa shape index (κ1) is 35.0. The Bertz CT molecular complexity index is 1620. The van der Waals surface area contributed by atoms with Crippen LogP contribution in [0.3, 0.4) is 0 Å². The highest BCUT2D eigenvalue weighted by atomic mass is 79.9. The average molecular weight is 735 g/mol. The smallest absolute Gasteiger partial charge is 0.306 e. The third kappa shape index (κ3) is 6.72. The minimum atomic E-state index is -1.37. The van der Waals surface area contributed by atoms with Gasteiger partial charge in [0.25, 0.3) is 5.91 Å². The van der Waals surface area contributed by atoms with Gasteiger partial charge in [0.05, 0.1) is 17.9 Å². The number of likely N-dealkylation sites (tertiary alicyclic amines) is 1. The van der Waals surface area contributed by atoms with Crippen LogP contribution >= 0.6 is 15.9 Å². The Hall–Kier alpha value is -3.80. The van der Waals surface area contributed by atoms with Gasteiger partial charge < -0.3 is 29.7 Å². The summed E-state index contributed by atoms with van der Waals surface area (Å²) in [4.78, 5) is 60.3. The molecule has 10 nitrogen and oxygen atoms in total. The molecule has 0 saturated carbocycles. The number of hydrogen-bond donors (Lipinski definition) is 2. The fourth-order valence-electron chi connectivity index (χ4n) is 7.88. The van der Waals surface area contributed by atoms with Gasteiger partial charge in [-0.05, 0) is 55.9 Å².